The van der Waals surface area contributed by atoms with E-state index in [9.17, 15) is 14.7 Å². The molecule has 2 rings (SSSR count). The molecule has 1 fully saturated rings. The van der Waals surface area contributed by atoms with Crippen LogP contribution >= 0.6 is 0 Å². The number of carboxylic acid groups (broad SMARTS) is 1. The molecule has 1 aromatic rings. The van der Waals surface area contributed by atoms with Gasteiger partial charge in [-0.1, -0.05) is 20.8 Å². The van der Waals surface area contributed by atoms with Crippen LogP contribution in [0.2, 0.25) is 0 Å². The average molecular weight is 278 g/mol. The third kappa shape index (κ3) is 2.86. The summed E-state index contributed by atoms with van der Waals surface area (Å²) in [4.78, 5) is 23.7. The number of nitrogens with zero attached hydrogens (tertiary/aromatic N) is 1. The van der Waals surface area contributed by atoms with E-state index in [1.807, 2.05) is 16.8 Å². The number of carboxylic acids is 1. The van der Waals surface area contributed by atoms with Gasteiger partial charge in [0.15, 0.2) is 0 Å². The normalized spacial score (nSPS) is 17.4. The van der Waals surface area contributed by atoms with Gasteiger partial charge < -0.3 is 15.0 Å². The lowest BCUT2D eigenvalue weighted by atomic mass is 9.86. The molecule has 0 unspecified atom stereocenters. The molecule has 1 aromatic heterocycles. The van der Waals surface area contributed by atoms with E-state index in [4.69, 9.17) is 0 Å². The van der Waals surface area contributed by atoms with Crippen LogP contribution in [0.15, 0.2) is 18.3 Å². The Kier molecular flexibility index (Phi) is 3.88. The van der Waals surface area contributed by atoms with Crippen LogP contribution < -0.4 is 5.32 Å². The molecule has 20 heavy (non-hydrogen) atoms. The minimum atomic E-state index is -1.01. The molecule has 5 nitrogen and oxygen atoms in total. The minimum Gasteiger partial charge on any atom is -0.480 e. The summed E-state index contributed by atoms with van der Waals surface area (Å²) >= 11 is 0. The van der Waals surface area contributed by atoms with Crippen molar-refractivity contribution in [3.8, 4) is 0 Å². The number of carbonyl (C=O) groups excluding carboxylic acids is 1. The lowest BCUT2D eigenvalue weighted by molar-refractivity contribution is -0.142. The Morgan fingerprint density at radius 1 is 1.40 bits per heavy atom. The highest BCUT2D eigenvalue weighted by Gasteiger charge is 2.33. The van der Waals surface area contributed by atoms with Crippen molar-refractivity contribution in [3.63, 3.8) is 0 Å². The molecule has 0 spiro atoms. The van der Waals surface area contributed by atoms with Crippen molar-refractivity contribution in [1.29, 1.82) is 0 Å². The fourth-order valence-electron chi connectivity index (χ4n) is 2.42. The van der Waals surface area contributed by atoms with Gasteiger partial charge in [0.25, 0.3) is 5.91 Å². The highest BCUT2D eigenvalue weighted by Crippen LogP contribution is 2.32. The van der Waals surface area contributed by atoms with Gasteiger partial charge in [0, 0.05) is 12.2 Å². The number of aromatic nitrogens is 1. The van der Waals surface area contributed by atoms with Crippen LogP contribution in [0.3, 0.4) is 0 Å². The summed E-state index contributed by atoms with van der Waals surface area (Å²) in [5, 5.41) is 11.9. The van der Waals surface area contributed by atoms with Gasteiger partial charge in [-0.25, -0.2) is 4.79 Å². The van der Waals surface area contributed by atoms with E-state index in [0.717, 1.165) is 12.8 Å². The van der Waals surface area contributed by atoms with E-state index in [-0.39, 0.29) is 5.91 Å². The van der Waals surface area contributed by atoms with Crippen LogP contribution in [0.25, 0.3) is 0 Å². The second-order valence-electron chi connectivity index (χ2n) is 6.50. The largest absolute Gasteiger partial charge is 0.480 e. The molecule has 1 saturated carbocycles. The Bertz CT molecular complexity index is 509. The van der Waals surface area contributed by atoms with Gasteiger partial charge in [0.1, 0.15) is 11.7 Å². The molecule has 0 radical (unpaired) electrons. The molecule has 2 N–H and O–H groups in total. The van der Waals surface area contributed by atoms with E-state index >= 15 is 0 Å². The topological polar surface area (TPSA) is 71.3 Å². The summed E-state index contributed by atoms with van der Waals surface area (Å²) in [7, 11) is 0. The second-order valence-corrected chi connectivity index (χ2v) is 6.50. The maximum Gasteiger partial charge on any atom is 0.326 e. The predicted molar refractivity (Wildman–Crippen MR) is 75.7 cm³/mol. The quantitative estimate of drug-likeness (QED) is 0.888. The fourth-order valence-corrected chi connectivity index (χ4v) is 2.42. The summed E-state index contributed by atoms with van der Waals surface area (Å²) in [5.74, 6) is -1.32. The van der Waals surface area contributed by atoms with E-state index < -0.39 is 17.4 Å². The number of amides is 1. The van der Waals surface area contributed by atoms with Crippen molar-refractivity contribution in [3.05, 3.63) is 24.0 Å². The van der Waals surface area contributed by atoms with Crippen LogP contribution in [0.4, 0.5) is 0 Å². The van der Waals surface area contributed by atoms with Crippen LogP contribution in [0.5, 0.6) is 0 Å². The predicted octanol–water partition coefficient (Wildman–Crippen LogP) is 2.44. The smallest absolute Gasteiger partial charge is 0.326 e. The third-order valence-corrected chi connectivity index (χ3v) is 3.87. The first kappa shape index (κ1) is 14.6. The zero-order valence-electron chi connectivity index (χ0n) is 12.2. The number of rotatable bonds is 4. The van der Waals surface area contributed by atoms with Gasteiger partial charge in [-0.05, 0) is 36.8 Å². The van der Waals surface area contributed by atoms with Crippen LogP contribution in [0.1, 0.15) is 56.6 Å². The van der Waals surface area contributed by atoms with Crippen molar-refractivity contribution in [2.45, 2.75) is 52.1 Å². The van der Waals surface area contributed by atoms with E-state index in [0.29, 0.717) is 11.7 Å². The lowest BCUT2D eigenvalue weighted by Gasteiger charge is -2.30. The van der Waals surface area contributed by atoms with Gasteiger partial charge in [-0.3, -0.25) is 4.79 Å². The Hall–Kier alpha value is -1.78. The molecule has 1 heterocycles. The van der Waals surface area contributed by atoms with Gasteiger partial charge in [0.05, 0.1) is 0 Å². The SMILES string of the molecule is CC(C)(C)[C@H](NC(=O)c1cccn1C1CCC1)C(=O)O. The maximum absolute atomic E-state index is 12.3. The van der Waals surface area contributed by atoms with Crippen molar-refractivity contribution >= 4 is 11.9 Å². The number of carbonyl (C=O) groups is 2. The summed E-state index contributed by atoms with van der Waals surface area (Å²) in [6.45, 7) is 5.41. The van der Waals surface area contributed by atoms with Gasteiger partial charge in [-0.2, -0.15) is 0 Å². The van der Waals surface area contributed by atoms with Crippen LogP contribution in [0, 0.1) is 5.41 Å². The van der Waals surface area contributed by atoms with Crippen molar-refractivity contribution in [2.75, 3.05) is 0 Å². The zero-order chi connectivity index (χ0) is 14.9. The van der Waals surface area contributed by atoms with E-state index in [1.54, 1.807) is 26.8 Å². The number of nitrogens with one attached hydrogen (secondary N) is 1. The third-order valence-electron chi connectivity index (χ3n) is 3.87. The van der Waals surface area contributed by atoms with Gasteiger partial charge >= 0.3 is 5.97 Å². The molecule has 0 saturated heterocycles. The maximum atomic E-state index is 12.3. The molecule has 5 heteroatoms. The van der Waals surface area contributed by atoms with Crippen LogP contribution in [-0.2, 0) is 4.79 Å². The number of aliphatic carboxylic acids is 1. The second kappa shape index (κ2) is 5.31. The Balaban J connectivity index is 2.15. The summed E-state index contributed by atoms with van der Waals surface area (Å²) in [5.41, 5.74) is 0.0141. The molecular weight excluding hydrogens is 256 g/mol. The summed E-state index contributed by atoms with van der Waals surface area (Å²) in [6.07, 6.45) is 5.24. The Morgan fingerprint density at radius 3 is 2.50 bits per heavy atom. The molecule has 0 aromatic carbocycles. The standard InChI is InChI=1S/C15H22N2O3/c1-15(2,3)12(14(19)20)16-13(18)11-8-5-9-17(11)10-6-4-7-10/h5,8-10,12H,4,6-7H2,1-3H3,(H,16,18)(H,19,20)/t12-/m1/s1. The van der Waals surface area contributed by atoms with Crippen molar-refractivity contribution in [1.82, 2.24) is 9.88 Å². The molecule has 110 valence electrons. The first-order valence-electron chi connectivity index (χ1n) is 7.01. The average Bonchev–Trinajstić information content (AvgIpc) is 2.69. The zero-order valence-corrected chi connectivity index (χ0v) is 12.2. The number of hydrogen-bond acceptors (Lipinski definition) is 2. The number of hydrogen-bond donors (Lipinski definition) is 2. The fraction of sp³-hybridized carbons (Fsp3) is 0.600. The Labute approximate surface area is 119 Å². The Morgan fingerprint density at radius 2 is 2.05 bits per heavy atom. The van der Waals surface area contributed by atoms with Gasteiger partial charge in [-0.15, -0.1) is 0 Å². The minimum absolute atomic E-state index is 0.316. The molecule has 1 amide bonds. The molecule has 1 atom stereocenters. The molecule has 1 aliphatic rings. The lowest BCUT2D eigenvalue weighted by Crippen LogP contribution is -2.49. The van der Waals surface area contributed by atoms with Crippen molar-refractivity contribution in [2.24, 2.45) is 5.41 Å². The monoisotopic (exact) mass is 278 g/mol. The molecular formula is C15H22N2O3. The van der Waals surface area contributed by atoms with Gasteiger partial charge in [0.2, 0.25) is 0 Å². The first-order valence-corrected chi connectivity index (χ1v) is 7.01. The van der Waals surface area contributed by atoms with E-state index in [2.05, 4.69) is 5.32 Å². The first-order chi connectivity index (χ1) is 9.30. The molecule has 1 aliphatic carbocycles. The molecule has 0 bridgehead atoms. The van der Waals surface area contributed by atoms with Crippen LogP contribution in [-0.4, -0.2) is 27.6 Å². The highest BCUT2D eigenvalue weighted by atomic mass is 16.4. The highest BCUT2D eigenvalue weighted by molar-refractivity contribution is 5.95. The van der Waals surface area contributed by atoms with Crippen molar-refractivity contribution < 1.29 is 14.7 Å². The molecule has 0 aliphatic heterocycles. The van der Waals surface area contributed by atoms with E-state index in [1.165, 1.54) is 6.42 Å². The summed E-state index contributed by atoms with van der Waals surface area (Å²) < 4.78 is 1.96. The summed E-state index contributed by atoms with van der Waals surface area (Å²) in [6, 6.07) is 3.05.